The molecule has 0 aliphatic rings. The number of rotatable bonds is 6. The molecular weight excluding hydrogens is 366 g/mol. The van der Waals surface area contributed by atoms with Crippen molar-refractivity contribution >= 4 is 23.5 Å². The summed E-state index contributed by atoms with van der Waals surface area (Å²) in [6, 6.07) is 16.8. The number of esters is 1. The highest BCUT2D eigenvalue weighted by atomic mass is 35.5. The van der Waals surface area contributed by atoms with Gasteiger partial charge in [0, 0.05) is 29.4 Å². The van der Waals surface area contributed by atoms with Gasteiger partial charge in [0.15, 0.2) is 6.61 Å². The third-order valence-corrected chi connectivity index (χ3v) is 4.16. The second-order valence-corrected chi connectivity index (χ2v) is 6.24. The Morgan fingerprint density at radius 3 is 2.48 bits per heavy atom. The fourth-order valence-electron chi connectivity index (χ4n) is 2.53. The Hall–Kier alpha value is -3.12. The van der Waals surface area contributed by atoms with Crippen molar-refractivity contribution in [2.24, 2.45) is 0 Å². The van der Waals surface area contributed by atoms with Gasteiger partial charge in [0.2, 0.25) is 0 Å². The van der Waals surface area contributed by atoms with Crippen molar-refractivity contribution in [3.05, 3.63) is 71.4 Å². The Kier molecular flexibility index (Phi) is 5.88. The van der Waals surface area contributed by atoms with Crippen LogP contribution in [0.3, 0.4) is 0 Å². The van der Waals surface area contributed by atoms with Crippen LogP contribution in [0.5, 0.6) is 0 Å². The van der Waals surface area contributed by atoms with Crippen LogP contribution in [0.4, 0.5) is 0 Å². The molecule has 0 aliphatic carbocycles. The van der Waals surface area contributed by atoms with Crippen LogP contribution in [-0.4, -0.2) is 35.3 Å². The molecule has 1 aromatic heterocycles. The van der Waals surface area contributed by atoms with Crippen LogP contribution >= 0.6 is 11.6 Å². The lowest BCUT2D eigenvalue weighted by Crippen LogP contribution is -2.25. The first-order valence-electron chi connectivity index (χ1n) is 8.33. The number of nitrogens with one attached hydrogen (secondary N) is 1. The Labute approximate surface area is 161 Å². The molecule has 7 heteroatoms. The fourth-order valence-corrected chi connectivity index (χ4v) is 2.65. The van der Waals surface area contributed by atoms with E-state index in [1.807, 2.05) is 42.5 Å². The van der Waals surface area contributed by atoms with Crippen molar-refractivity contribution in [1.29, 1.82) is 0 Å². The maximum atomic E-state index is 12.2. The van der Waals surface area contributed by atoms with Gasteiger partial charge in [-0.05, 0) is 24.3 Å². The van der Waals surface area contributed by atoms with Gasteiger partial charge < -0.3 is 10.1 Å². The molecule has 0 aliphatic heterocycles. The van der Waals surface area contributed by atoms with E-state index in [4.69, 9.17) is 16.3 Å². The SMILES string of the molecule is CNC(=O)COC(=O)Cc1cn(-c2ccccc2)nc1-c1ccc(Cl)cc1. The molecule has 0 spiro atoms. The molecule has 0 saturated heterocycles. The van der Waals surface area contributed by atoms with Crippen molar-refractivity contribution in [1.82, 2.24) is 15.1 Å². The van der Waals surface area contributed by atoms with E-state index >= 15 is 0 Å². The Morgan fingerprint density at radius 2 is 1.81 bits per heavy atom. The smallest absolute Gasteiger partial charge is 0.310 e. The van der Waals surface area contributed by atoms with Crippen molar-refractivity contribution in [2.45, 2.75) is 6.42 Å². The van der Waals surface area contributed by atoms with Gasteiger partial charge in [-0.15, -0.1) is 0 Å². The second-order valence-electron chi connectivity index (χ2n) is 5.80. The molecule has 6 nitrogen and oxygen atoms in total. The predicted molar refractivity (Wildman–Crippen MR) is 103 cm³/mol. The summed E-state index contributed by atoms with van der Waals surface area (Å²) in [5.41, 5.74) is 3.07. The molecule has 1 amide bonds. The van der Waals surface area contributed by atoms with Gasteiger partial charge in [-0.25, -0.2) is 4.68 Å². The van der Waals surface area contributed by atoms with Crippen LogP contribution in [0.2, 0.25) is 5.02 Å². The van der Waals surface area contributed by atoms with E-state index in [1.165, 1.54) is 7.05 Å². The van der Waals surface area contributed by atoms with E-state index in [0.29, 0.717) is 16.3 Å². The highest BCUT2D eigenvalue weighted by Crippen LogP contribution is 2.25. The molecule has 1 N–H and O–H groups in total. The third-order valence-electron chi connectivity index (χ3n) is 3.91. The van der Waals surface area contributed by atoms with Gasteiger partial charge in [0.05, 0.1) is 17.8 Å². The van der Waals surface area contributed by atoms with Crippen LogP contribution in [0, 0.1) is 0 Å². The van der Waals surface area contributed by atoms with Crippen molar-refractivity contribution in [3.63, 3.8) is 0 Å². The lowest BCUT2D eigenvalue weighted by atomic mass is 10.1. The minimum Gasteiger partial charge on any atom is -0.455 e. The van der Waals surface area contributed by atoms with Crippen molar-refractivity contribution in [3.8, 4) is 16.9 Å². The minimum atomic E-state index is -0.499. The van der Waals surface area contributed by atoms with E-state index in [0.717, 1.165) is 11.3 Å². The topological polar surface area (TPSA) is 73.2 Å². The van der Waals surface area contributed by atoms with Gasteiger partial charge in [-0.1, -0.05) is 41.9 Å². The van der Waals surface area contributed by atoms with E-state index in [2.05, 4.69) is 10.4 Å². The fraction of sp³-hybridized carbons (Fsp3) is 0.150. The molecule has 0 bridgehead atoms. The zero-order valence-corrected chi connectivity index (χ0v) is 15.4. The normalized spacial score (nSPS) is 10.4. The summed E-state index contributed by atoms with van der Waals surface area (Å²) in [7, 11) is 1.48. The molecule has 138 valence electrons. The Morgan fingerprint density at radius 1 is 1.11 bits per heavy atom. The van der Waals surface area contributed by atoms with Crippen LogP contribution < -0.4 is 5.32 Å². The summed E-state index contributed by atoms with van der Waals surface area (Å²) >= 11 is 5.97. The first-order chi connectivity index (χ1) is 13.1. The standard InChI is InChI=1S/C20H18ClN3O3/c1-22-18(25)13-27-19(26)11-15-12-24(17-5-3-2-4-6-17)23-20(15)14-7-9-16(21)10-8-14/h2-10,12H,11,13H2,1H3,(H,22,25). The number of carbonyl (C=O) groups is 2. The first-order valence-corrected chi connectivity index (χ1v) is 8.70. The molecule has 0 unspecified atom stereocenters. The third kappa shape index (κ3) is 4.74. The highest BCUT2D eigenvalue weighted by Gasteiger charge is 2.17. The molecule has 0 atom stereocenters. The van der Waals surface area contributed by atoms with Crippen LogP contribution in [0.15, 0.2) is 60.8 Å². The van der Waals surface area contributed by atoms with Gasteiger partial charge in [-0.2, -0.15) is 5.10 Å². The van der Waals surface area contributed by atoms with E-state index < -0.39 is 5.97 Å². The summed E-state index contributed by atoms with van der Waals surface area (Å²) in [6.07, 6.45) is 1.79. The van der Waals surface area contributed by atoms with Crippen LogP contribution in [0.1, 0.15) is 5.56 Å². The average molecular weight is 384 g/mol. The van der Waals surface area contributed by atoms with Crippen molar-refractivity contribution < 1.29 is 14.3 Å². The van der Waals surface area contributed by atoms with E-state index in [-0.39, 0.29) is 18.9 Å². The quantitative estimate of drug-likeness (QED) is 0.664. The summed E-state index contributed by atoms with van der Waals surface area (Å²) in [6.45, 7) is -0.307. The molecule has 0 fully saturated rings. The van der Waals surface area contributed by atoms with Crippen LogP contribution in [0.25, 0.3) is 16.9 Å². The molecular formula is C20H18ClN3O3. The summed E-state index contributed by atoms with van der Waals surface area (Å²) in [5, 5.41) is 7.66. The number of benzene rings is 2. The predicted octanol–water partition coefficient (Wildman–Crippen LogP) is 3.02. The summed E-state index contributed by atoms with van der Waals surface area (Å²) in [4.78, 5) is 23.4. The lowest BCUT2D eigenvalue weighted by molar-refractivity contribution is -0.147. The van der Waals surface area contributed by atoms with Crippen molar-refractivity contribution in [2.75, 3.05) is 13.7 Å². The summed E-state index contributed by atoms with van der Waals surface area (Å²) in [5.74, 6) is -0.859. The minimum absolute atomic E-state index is 0.00177. The average Bonchev–Trinajstić information content (AvgIpc) is 3.11. The maximum absolute atomic E-state index is 12.2. The maximum Gasteiger partial charge on any atom is 0.310 e. The number of ether oxygens (including phenoxy) is 1. The lowest BCUT2D eigenvalue weighted by Gasteiger charge is -2.04. The number of amides is 1. The number of halogens is 1. The monoisotopic (exact) mass is 383 g/mol. The number of para-hydroxylation sites is 1. The zero-order valence-electron chi connectivity index (χ0n) is 14.7. The molecule has 27 heavy (non-hydrogen) atoms. The second kappa shape index (κ2) is 8.51. The molecule has 1 heterocycles. The highest BCUT2D eigenvalue weighted by molar-refractivity contribution is 6.30. The molecule has 0 saturated carbocycles. The Bertz CT molecular complexity index is 937. The molecule has 0 radical (unpaired) electrons. The van der Waals surface area contributed by atoms with E-state index in [1.54, 1.807) is 23.0 Å². The van der Waals surface area contributed by atoms with Gasteiger partial charge in [0.1, 0.15) is 0 Å². The number of nitrogens with zero attached hydrogens (tertiary/aromatic N) is 2. The first kappa shape index (κ1) is 18.7. The van der Waals surface area contributed by atoms with Gasteiger partial charge in [-0.3, -0.25) is 9.59 Å². The molecule has 3 aromatic rings. The zero-order chi connectivity index (χ0) is 19.2. The number of aromatic nitrogens is 2. The van der Waals surface area contributed by atoms with E-state index in [9.17, 15) is 9.59 Å². The van der Waals surface area contributed by atoms with Crippen LogP contribution in [-0.2, 0) is 20.7 Å². The largest absolute Gasteiger partial charge is 0.455 e. The number of hydrogen-bond donors (Lipinski definition) is 1. The molecule has 3 rings (SSSR count). The molecule has 2 aromatic carbocycles. The number of hydrogen-bond acceptors (Lipinski definition) is 4. The summed E-state index contributed by atoms with van der Waals surface area (Å²) < 4.78 is 6.73. The van der Waals surface area contributed by atoms with Gasteiger partial charge in [0.25, 0.3) is 5.91 Å². The van der Waals surface area contributed by atoms with Gasteiger partial charge >= 0.3 is 5.97 Å². The Balaban J connectivity index is 1.90. The number of likely N-dealkylation sites (N-methyl/N-ethyl adjacent to an activating group) is 1. The number of carbonyl (C=O) groups excluding carboxylic acids is 2.